The predicted molar refractivity (Wildman–Crippen MR) is 119 cm³/mol. The van der Waals surface area contributed by atoms with E-state index < -0.39 is 0 Å². The molecule has 0 unspecified atom stereocenters. The lowest BCUT2D eigenvalue weighted by Crippen LogP contribution is -2.34. The van der Waals surface area contributed by atoms with Crippen molar-refractivity contribution in [3.63, 3.8) is 0 Å². The van der Waals surface area contributed by atoms with Gasteiger partial charge in [0, 0.05) is 43.1 Å². The number of fused-ring (bicyclic) bond motifs is 1. The smallest absolute Gasteiger partial charge is 0.123 e. The molecule has 154 valence electrons. The molecule has 0 bridgehead atoms. The summed E-state index contributed by atoms with van der Waals surface area (Å²) >= 11 is 0. The summed E-state index contributed by atoms with van der Waals surface area (Å²) in [5.74, 6) is 1.06. The fourth-order valence-corrected chi connectivity index (χ4v) is 2.59. The zero-order valence-corrected chi connectivity index (χ0v) is 17.0. The molecule has 29 heavy (non-hydrogen) atoms. The van der Waals surface area contributed by atoms with E-state index in [2.05, 4.69) is 20.9 Å². The highest BCUT2D eigenvalue weighted by Gasteiger charge is 2.17. The lowest BCUT2D eigenvalue weighted by molar-refractivity contribution is 0.208. The number of amidine groups is 1. The Labute approximate surface area is 171 Å². The van der Waals surface area contributed by atoms with Gasteiger partial charge in [-0.25, -0.2) is 0 Å². The minimum Gasteiger partial charge on any atom is -0.404 e. The Morgan fingerprint density at radius 1 is 1.34 bits per heavy atom. The molecule has 2 rings (SSSR count). The highest BCUT2D eigenvalue weighted by molar-refractivity contribution is 5.97. The molecule has 7 N–H and O–H groups in total. The first-order valence-corrected chi connectivity index (χ1v) is 9.35. The zero-order valence-electron chi connectivity index (χ0n) is 17.0. The van der Waals surface area contributed by atoms with Crippen molar-refractivity contribution in [3.8, 4) is 0 Å². The van der Waals surface area contributed by atoms with Crippen LogP contribution < -0.4 is 21.7 Å². The molecule has 0 fully saturated rings. The molecule has 8 nitrogen and oxygen atoms in total. The van der Waals surface area contributed by atoms with Crippen molar-refractivity contribution in [3.05, 3.63) is 70.6 Å². The van der Waals surface area contributed by atoms with Crippen LogP contribution in [0, 0.1) is 16.7 Å². The van der Waals surface area contributed by atoms with Crippen molar-refractivity contribution < 1.29 is 4.74 Å². The molecular weight excluding hydrogens is 366 g/mol. The second-order valence-corrected chi connectivity index (χ2v) is 6.72. The molecule has 0 saturated carbocycles. The molecule has 0 radical (unpaired) electrons. The van der Waals surface area contributed by atoms with Crippen molar-refractivity contribution in [2.24, 2.45) is 16.6 Å². The number of nitrogens with zero attached hydrogens (tertiary/aromatic N) is 1. The van der Waals surface area contributed by atoms with Gasteiger partial charge in [-0.1, -0.05) is 13.8 Å². The van der Waals surface area contributed by atoms with Crippen LogP contribution in [0.5, 0.6) is 0 Å². The van der Waals surface area contributed by atoms with Gasteiger partial charge in [-0.05, 0) is 35.8 Å². The first-order valence-electron chi connectivity index (χ1n) is 9.35. The van der Waals surface area contributed by atoms with Crippen molar-refractivity contribution in [2.45, 2.75) is 13.8 Å². The number of aliphatic imine (C=N–C) groups is 1. The van der Waals surface area contributed by atoms with Gasteiger partial charge in [-0.2, -0.15) is 0 Å². The van der Waals surface area contributed by atoms with Crippen LogP contribution in [0.2, 0.25) is 0 Å². The van der Waals surface area contributed by atoms with Gasteiger partial charge in [-0.3, -0.25) is 10.4 Å². The minimum atomic E-state index is 0.180. The second kappa shape index (κ2) is 10.8. The van der Waals surface area contributed by atoms with Crippen LogP contribution in [0.15, 0.2) is 75.6 Å². The molecule has 0 aromatic carbocycles. The van der Waals surface area contributed by atoms with Gasteiger partial charge in [-0.15, -0.1) is 0 Å². The predicted octanol–water partition coefficient (Wildman–Crippen LogP) is 2.04. The summed E-state index contributed by atoms with van der Waals surface area (Å²) in [7, 11) is 1.64. The number of rotatable bonds is 9. The van der Waals surface area contributed by atoms with Gasteiger partial charge in [0.1, 0.15) is 11.7 Å². The zero-order chi connectivity index (χ0) is 21.2. The average Bonchev–Trinajstić information content (AvgIpc) is 2.71. The van der Waals surface area contributed by atoms with Gasteiger partial charge in [0.15, 0.2) is 0 Å². The molecule has 0 spiro atoms. The van der Waals surface area contributed by atoms with Crippen molar-refractivity contribution in [1.29, 1.82) is 10.8 Å². The van der Waals surface area contributed by atoms with E-state index in [0.717, 1.165) is 28.1 Å². The highest BCUT2D eigenvalue weighted by Crippen LogP contribution is 2.21. The van der Waals surface area contributed by atoms with Crippen LogP contribution in [0.25, 0.3) is 0 Å². The number of dihydropyridines is 2. The Morgan fingerprint density at radius 2 is 2.14 bits per heavy atom. The number of ether oxygens (including phenoxy) is 1. The third-order valence-electron chi connectivity index (χ3n) is 4.24. The molecule has 0 aromatic rings. The van der Waals surface area contributed by atoms with E-state index in [9.17, 15) is 0 Å². The van der Waals surface area contributed by atoms with Crippen LogP contribution in [0.3, 0.4) is 0 Å². The molecule has 0 aliphatic carbocycles. The molecule has 0 atom stereocenters. The van der Waals surface area contributed by atoms with Gasteiger partial charge in [0.05, 0.1) is 24.5 Å². The maximum Gasteiger partial charge on any atom is 0.123 e. The van der Waals surface area contributed by atoms with Crippen LogP contribution in [0.4, 0.5) is 0 Å². The number of nitrogens with one attached hydrogen (secondary N) is 5. The number of nitrogens with two attached hydrogens (primary N) is 1. The van der Waals surface area contributed by atoms with Crippen molar-refractivity contribution in [1.82, 2.24) is 16.0 Å². The summed E-state index contributed by atoms with van der Waals surface area (Å²) < 4.78 is 4.99. The number of methoxy groups -OCH3 is 1. The standard InChI is InChI=1S/C21H29N7O/c1-14(2)15(10-22)9-20(24)28-21-5-4-18-19(27-21)8-16(13-26-18)17(11-23)12-25-6-7-29-3/h4-5,8-14,22,26-27H,6-7,23H2,1-3H3,(H2,24,28). The molecule has 2 aliphatic heterocycles. The molecule has 0 amide bonds. The maximum atomic E-state index is 8.14. The van der Waals surface area contributed by atoms with Crippen LogP contribution in [0.1, 0.15) is 13.8 Å². The summed E-state index contributed by atoms with van der Waals surface area (Å²) in [5, 5.41) is 25.1. The maximum absolute atomic E-state index is 8.14. The van der Waals surface area contributed by atoms with E-state index in [-0.39, 0.29) is 11.8 Å². The first kappa shape index (κ1) is 21.9. The Hall–Kier alpha value is -3.39. The van der Waals surface area contributed by atoms with Gasteiger partial charge < -0.3 is 31.8 Å². The number of hydrogen-bond donors (Lipinski definition) is 6. The van der Waals surface area contributed by atoms with E-state index in [1.807, 2.05) is 38.3 Å². The van der Waals surface area contributed by atoms with E-state index >= 15 is 0 Å². The second-order valence-electron chi connectivity index (χ2n) is 6.72. The lowest BCUT2D eigenvalue weighted by atomic mass is 10.0. The summed E-state index contributed by atoms with van der Waals surface area (Å²) in [6.45, 7) is 5.10. The van der Waals surface area contributed by atoms with Gasteiger partial charge in [0.25, 0.3) is 0 Å². The normalized spacial score (nSPS) is 16.8. The summed E-state index contributed by atoms with van der Waals surface area (Å²) in [6, 6.07) is 0. The van der Waals surface area contributed by atoms with E-state index in [0.29, 0.717) is 19.0 Å². The highest BCUT2D eigenvalue weighted by atomic mass is 16.5. The Kier molecular flexibility index (Phi) is 8.17. The molecule has 2 aliphatic rings. The largest absolute Gasteiger partial charge is 0.404 e. The fourth-order valence-electron chi connectivity index (χ4n) is 2.59. The Morgan fingerprint density at radius 3 is 2.79 bits per heavy atom. The fraction of sp³-hybridized carbons (Fsp3) is 0.286. The molecule has 0 aromatic heterocycles. The third-order valence-corrected chi connectivity index (χ3v) is 4.24. The van der Waals surface area contributed by atoms with E-state index in [4.69, 9.17) is 21.3 Å². The summed E-state index contributed by atoms with van der Waals surface area (Å²) in [4.78, 5) is 4.31. The minimum absolute atomic E-state index is 0.180. The van der Waals surface area contributed by atoms with Gasteiger partial charge in [0.2, 0.25) is 0 Å². The molecular formula is C21H29N7O. The topological polar surface area (TPSA) is 131 Å². The number of allylic oxidation sites excluding steroid dienone is 6. The van der Waals surface area contributed by atoms with Crippen LogP contribution in [-0.4, -0.2) is 38.5 Å². The quantitative estimate of drug-likeness (QED) is 0.202. The Balaban J connectivity index is 2.08. The van der Waals surface area contributed by atoms with Crippen LogP contribution >= 0.6 is 0 Å². The number of hydrogen-bond acceptors (Lipinski definition) is 7. The summed E-state index contributed by atoms with van der Waals surface area (Å²) in [6.07, 6.45) is 13.8. The van der Waals surface area contributed by atoms with E-state index in [1.165, 1.54) is 12.4 Å². The monoisotopic (exact) mass is 395 g/mol. The third kappa shape index (κ3) is 6.32. The van der Waals surface area contributed by atoms with Gasteiger partial charge >= 0.3 is 0 Å². The molecule has 2 heterocycles. The van der Waals surface area contributed by atoms with Crippen LogP contribution in [-0.2, 0) is 4.74 Å². The Bertz CT molecular complexity index is 854. The van der Waals surface area contributed by atoms with Crippen molar-refractivity contribution >= 4 is 18.3 Å². The first-order chi connectivity index (χ1) is 14.0. The molecule has 0 saturated heterocycles. The van der Waals surface area contributed by atoms with E-state index in [1.54, 1.807) is 19.4 Å². The SMILES string of the molecule is COCCN=CC(=CN)C1=CNC2=CC=C(NC(=N)C=C(C=N)C(C)C)NC2=C1. The van der Waals surface area contributed by atoms with Crippen molar-refractivity contribution in [2.75, 3.05) is 20.3 Å². The lowest BCUT2D eigenvalue weighted by Gasteiger charge is -2.25. The molecule has 8 heteroatoms. The average molecular weight is 396 g/mol. The summed E-state index contributed by atoms with van der Waals surface area (Å²) in [5.41, 5.74) is 9.99.